The zero-order chi connectivity index (χ0) is 20.4. The van der Waals surface area contributed by atoms with Crippen LogP contribution in [0.3, 0.4) is 0 Å². The van der Waals surface area contributed by atoms with Crippen LogP contribution in [-0.2, 0) is 26.5 Å². The SMILES string of the molecule is Cc1cc(N2CCCCS2(=O)=O)ccc1S(=O)(=O)N(C)CCc1ccncc1. The number of nitrogens with zero attached hydrogens (tertiary/aromatic N) is 3. The summed E-state index contributed by atoms with van der Waals surface area (Å²) in [6.07, 6.45) is 5.41. The topological polar surface area (TPSA) is 87.7 Å². The molecule has 2 aromatic rings. The summed E-state index contributed by atoms with van der Waals surface area (Å²) < 4.78 is 53.2. The fraction of sp³-hybridized carbons (Fsp3) is 0.421. The van der Waals surface area contributed by atoms with Crippen molar-refractivity contribution in [1.29, 1.82) is 0 Å². The van der Waals surface area contributed by atoms with Gasteiger partial charge in [-0.15, -0.1) is 0 Å². The van der Waals surface area contributed by atoms with Crippen LogP contribution in [0.15, 0.2) is 47.6 Å². The van der Waals surface area contributed by atoms with Gasteiger partial charge >= 0.3 is 0 Å². The van der Waals surface area contributed by atoms with Crippen molar-refractivity contribution in [3.63, 3.8) is 0 Å². The van der Waals surface area contributed by atoms with Crippen LogP contribution < -0.4 is 4.31 Å². The van der Waals surface area contributed by atoms with Gasteiger partial charge in [0.15, 0.2) is 0 Å². The van der Waals surface area contributed by atoms with E-state index in [1.807, 2.05) is 12.1 Å². The molecule has 1 aliphatic rings. The van der Waals surface area contributed by atoms with Crippen LogP contribution in [0.4, 0.5) is 5.69 Å². The van der Waals surface area contributed by atoms with Gasteiger partial charge in [-0.3, -0.25) is 9.29 Å². The zero-order valence-corrected chi connectivity index (χ0v) is 17.7. The van der Waals surface area contributed by atoms with Gasteiger partial charge in [0, 0.05) is 32.5 Å². The molecule has 0 spiro atoms. The molecule has 3 rings (SSSR count). The lowest BCUT2D eigenvalue weighted by Crippen LogP contribution is -2.38. The first-order chi connectivity index (χ1) is 13.2. The second kappa shape index (κ2) is 8.18. The fourth-order valence-electron chi connectivity index (χ4n) is 3.28. The van der Waals surface area contributed by atoms with E-state index in [2.05, 4.69) is 4.98 Å². The van der Waals surface area contributed by atoms with Gasteiger partial charge in [0.05, 0.1) is 16.3 Å². The van der Waals surface area contributed by atoms with Crippen molar-refractivity contribution in [1.82, 2.24) is 9.29 Å². The molecule has 1 saturated heterocycles. The first-order valence-electron chi connectivity index (χ1n) is 9.18. The Labute approximate surface area is 167 Å². The molecule has 1 aromatic heterocycles. The molecule has 0 unspecified atom stereocenters. The van der Waals surface area contributed by atoms with E-state index >= 15 is 0 Å². The standard InChI is InChI=1S/C19H25N3O4S2/c1-16-15-18(22-12-3-4-14-27(22,23)24)5-6-19(16)28(25,26)21(2)13-9-17-7-10-20-11-8-17/h5-8,10-11,15H,3-4,9,12-14H2,1-2H3. The molecule has 152 valence electrons. The average molecular weight is 424 g/mol. The van der Waals surface area contributed by atoms with Crippen molar-refractivity contribution >= 4 is 25.7 Å². The molecule has 9 heteroatoms. The number of aryl methyl sites for hydroxylation is 1. The number of hydrogen-bond donors (Lipinski definition) is 0. The van der Waals surface area contributed by atoms with Crippen LogP contribution in [0.25, 0.3) is 0 Å². The largest absolute Gasteiger partial charge is 0.270 e. The highest BCUT2D eigenvalue weighted by molar-refractivity contribution is 7.92. The third-order valence-electron chi connectivity index (χ3n) is 4.95. The van der Waals surface area contributed by atoms with Gasteiger partial charge in [-0.05, 0) is 67.6 Å². The molecule has 0 saturated carbocycles. The maximum absolute atomic E-state index is 13.0. The van der Waals surface area contributed by atoms with Gasteiger partial charge in [-0.2, -0.15) is 0 Å². The predicted molar refractivity (Wildman–Crippen MR) is 109 cm³/mol. The summed E-state index contributed by atoms with van der Waals surface area (Å²) in [7, 11) is -5.44. The summed E-state index contributed by atoms with van der Waals surface area (Å²) in [5.74, 6) is 0.129. The van der Waals surface area contributed by atoms with Crippen molar-refractivity contribution in [3.8, 4) is 0 Å². The second-order valence-electron chi connectivity index (χ2n) is 6.98. The van der Waals surface area contributed by atoms with Crippen LogP contribution >= 0.6 is 0 Å². The molecule has 0 amide bonds. The number of benzene rings is 1. The molecule has 28 heavy (non-hydrogen) atoms. The molecule has 0 aliphatic carbocycles. The summed E-state index contributed by atoms with van der Waals surface area (Å²) >= 11 is 0. The Bertz CT molecular complexity index is 1040. The highest BCUT2D eigenvalue weighted by atomic mass is 32.2. The minimum absolute atomic E-state index is 0.129. The molecule has 1 aromatic carbocycles. The van der Waals surface area contributed by atoms with E-state index in [4.69, 9.17) is 0 Å². The predicted octanol–water partition coefficient (Wildman–Crippen LogP) is 2.18. The van der Waals surface area contributed by atoms with Crippen LogP contribution in [0.5, 0.6) is 0 Å². The summed E-state index contributed by atoms with van der Waals surface area (Å²) in [5, 5.41) is 0. The number of sulfonamides is 2. The molecule has 0 radical (unpaired) electrons. The molecular formula is C19H25N3O4S2. The monoisotopic (exact) mass is 423 g/mol. The van der Waals surface area contributed by atoms with Crippen molar-refractivity contribution < 1.29 is 16.8 Å². The van der Waals surface area contributed by atoms with Gasteiger partial charge in [-0.25, -0.2) is 21.1 Å². The van der Waals surface area contributed by atoms with Crippen LogP contribution in [0, 0.1) is 6.92 Å². The van der Waals surface area contributed by atoms with E-state index in [0.29, 0.717) is 37.2 Å². The Kier molecular flexibility index (Phi) is 6.07. The quantitative estimate of drug-likeness (QED) is 0.711. The number of pyridine rings is 1. The molecule has 1 fully saturated rings. The van der Waals surface area contributed by atoms with Crippen molar-refractivity contribution in [2.75, 3.05) is 30.2 Å². The zero-order valence-electron chi connectivity index (χ0n) is 16.1. The number of hydrogen-bond acceptors (Lipinski definition) is 5. The molecule has 2 heterocycles. The van der Waals surface area contributed by atoms with Crippen LogP contribution in [0.1, 0.15) is 24.0 Å². The van der Waals surface area contributed by atoms with Gasteiger partial charge in [-0.1, -0.05) is 0 Å². The van der Waals surface area contributed by atoms with Gasteiger partial charge in [0.1, 0.15) is 0 Å². The van der Waals surface area contributed by atoms with Gasteiger partial charge in [0.2, 0.25) is 20.0 Å². The first kappa shape index (κ1) is 20.8. The lowest BCUT2D eigenvalue weighted by Gasteiger charge is -2.29. The van der Waals surface area contributed by atoms with E-state index in [9.17, 15) is 16.8 Å². The lowest BCUT2D eigenvalue weighted by atomic mass is 10.2. The Morgan fingerprint density at radius 3 is 2.50 bits per heavy atom. The Morgan fingerprint density at radius 1 is 1.14 bits per heavy atom. The van der Waals surface area contributed by atoms with Crippen molar-refractivity contribution in [2.45, 2.75) is 31.1 Å². The second-order valence-corrected chi connectivity index (χ2v) is 11.0. The van der Waals surface area contributed by atoms with Gasteiger partial charge < -0.3 is 0 Å². The van der Waals surface area contributed by atoms with Crippen molar-refractivity contribution in [2.24, 2.45) is 0 Å². The smallest absolute Gasteiger partial charge is 0.243 e. The summed E-state index contributed by atoms with van der Waals surface area (Å²) in [6, 6.07) is 8.46. The third kappa shape index (κ3) is 4.37. The van der Waals surface area contributed by atoms with Gasteiger partial charge in [0.25, 0.3) is 0 Å². The number of aromatic nitrogens is 1. The Morgan fingerprint density at radius 2 is 1.86 bits per heavy atom. The molecular weight excluding hydrogens is 398 g/mol. The number of rotatable bonds is 6. The maximum atomic E-state index is 13.0. The third-order valence-corrected chi connectivity index (χ3v) is 8.84. The fourth-order valence-corrected chi connectivity index (χ4v) is 6.29. The summed E-state index contributed by atoms with van der Waals surface area (Å²) in [5.41, 5.74) is 2.07. The lowest BCUT2D eigenvalue weighted by molar-refractivity contribution is 0.472. The summed E-state index contributed by atoms with van der Waals surface area (Å²) in [6.45, 7) is 2.47. The van der Waals surface area contributed by atoms with E-state index in [1.165, 1.54) is 14.7 Å². The summed E-state index contributed by atoms with van der Waals surface area (Å²) in [4.78, 5) is 4.16. The molecule has 7 nitrogen and oxygen atoms in total. The minimum atomic E-state index is -3.67. The van der Waals surface area contributed by atoms with E-state index in [1.54, 1.807) is 38.5 Å². The molecule has 0 N–H and O–H groups in total. The van der Waals surface area contributed by atoms with Crippen molar-refractivity contribution in [3.05, 3.63) is 53.9 Å². The normalized spacial score (nSPS) is 17.0. The number of likely N-dealkylation sites (N-methyl/N-ethyl adjacent to an activating group) is 1. The molecule has 1 aliphatic heterocycles. The van der Waals surface area contributed by atoms with Crippen LogP contribution in [0.2, 0.25) is 0 Å². The maximum Gasteiger partial charge on any atom is 0.243 e. The van der Waals surface area contributed by atoms with E-state index in [-0.39, 0.29) is 10.6 Å². The number of anilines is 1. The molecule has 0 atom stereocenters. The highest BCUT2D eigenvalue weighted by Crippen LogP contribution is 2.28. The molecule has 0 bridgehead atoms. The van der Waals surface area contributed by atoms with Crippen LogP contribution in [-0.4, -0.2) is 52.0 Å². The van der Waals surface area contributed by atoms with E-state index in [0.717, 1.165) is 12.0 Å². The van der Waals surface area contributed by atoms with E-state index < -0.39 is 20.0 Å². The Balaban J connectivity index is 1.80. The Hall–Kier alpha value is -1.97. The highest BCUT2D eigenvalue weighted by Gasteiger charge is 2.28. The average Bonchev–Trinajstić information content (AvgIpc) is 2.66. The minimum Gasteiger partial charge on any atom is -0.270 e. The first-order valence-corrected chi connectivity index (χ1v) is 12.2.